The largest absolute Gasteiger partial charge is 0.361 e. The predicted molar refractivity (Wildman–Crippen MR) is 148 cm³/mol. The lowest BCUT2D eigenvalue weighted by atomic mass is 9.83. The van der Waals surface area contributed by atoms with Crippen molar-refractivity contribution in [3.63, 3.8) is 0 Å². The number of hydrogen-bond acceptors (Lipinski definition) is 6. The van der Waals surface area contributed by atoms with Gasteiger partial charge in [-0.15, -0.1) is 0 Å². The van der Waals surface area contributed by atoms with Crippen molar-refractivity contribution in [3.8, 4) is 0 Å². The number of carbonyl (C=O) groups is 3. The van der Waals surface area contributed by atoms with Crippen molar-refractivity contribution in [2.75, 3.05) is 11.9 Å². The number of aryl methyl sites for hydroxylation is 2. The van der Waals surface area contributed by atoms with Crippen LogP contribution in [-0.2, 0) is 21.5 Å². The first kappa shape index (κ1) is 25.8. The molecular weight excluding hydrogens is 492 g/mol. The van der Waals surface area contributed by atoms with E-state index < -0.39 is 5.54 Å². The van der Waals surface area contributed by atoms with Gasteiger partial charge in [-0.1, -0.05) is 65.8 Å². The Bertz CT molecular complexity index is 1500. The molecule has 8 nitrogen and oxygen atoms in total. The number of anilines is 1. The first-order chi connectivity index (χ1) is 18.8. The van der Waals surface area contributed by atoms with Crippen LogP contribution >= 0.6 is 0 Å². The number of aliphatic imine (C=N–C) groups is 1. The van der Waals surface area contributed by atoms with Crippen LogP contribution in [0.1, 0.15) is 45.4 Å². The molecule has 2 heterocycles. The number of Topliss-reactive ketones (excluding diaryl/α,β-unsaturated/α-hetero) is 1. The zero-order valence-electron chi connectivity index (χ0n) is 22.0. The molecule has 0 bridgehead atoms. The number of nitrogens with one attached hydrogen (secondary N) is 1. The smallest absolute Gasteiger partial charge is 0.265 e. The van der Waals surface area contributed by atoms with E-state index >= 15 is 0 Å². The summed E-state index contributed by atoms with van der Waals surface area (Å²) in [6.45, 7) is 5.16. The van der Waals surface area contributed by atoms with Crippen molar-refractivity contribution in [2.24, 2.45) is 4.99 Å². The van der Waals surface area contributed by atoms with Gasteiger partial charge in [-0.3, -0.25) is 19.3 Å². The van der Waals surface area contributed by atoms with E-state index in [0.29, 0.717) is 28.5 Å². The van der Waals surface area contributed by atoms with E-state index in [1.54, 1.807) is 45.0 Å². The fraction of sp³-hybridized carbons (Fsp3) is 0.194. The van der Waals surface area contributed by atoms with E-state index in [2.05, 4.69) is 10.5 Å². The summed E-state index contributed by atoms with van der Waals surface area (Å²) in [4.78, 5) is 46.0. The number of rotatable bonds is 8. The summed E-state index contributed by atoms with van der Waals surface area (Å²) in [7, 11) is 0. The second kappa shape index (κ2) is 10.5. The minimum absolute atomic E-state index is 0.141. The number of nitrogens with zero attached hydrogens (tertiary/aromatic N) is 3. The van der Waals surface area contributed by atoms with Gasteiger partial charge >= 0.3 is 0 Å². The van der Waals surface area contributed by atoms with Crippen LogP contribution < -0.4 is 5.32 Å². The summed E-state index contributed by atoms with van der Waals surface area (Å²) in [6, 6.07) is 25.4. The lowest BCUT2D eigenvalue weighted by Gasteiger charge is -2.27. The van der Waals surface area contributed by atoms with Gasteiger partial charge in [0.15, 0.2) is 11.3 Å². The Labute approximate surface area is 226 Å². The lowest BCUT2D eigenvalue weighted by Crippen LogP contribution is -2.43. The second-order valence-electron chi connectivity index (χ2n) is 9.52. The van der Waals surface area contributed by atoms with Crippen LogP contribution in [0.4, 0.5) is 5.69 Å². The van der Waals surface area contributed by atoms with E-state index in [9.17, 15) is 14.4 Å². The highest BCUT2D eigenvalue weighted by atomic mass is 16.5. The standard InChI is InChI=1S/C31H28N4O4/c1-20-27(21(2)39-34-20)18-29(37)32-26-16-14-23(15-17-26)28(36)19-35-22(3)33-31(30(35)38,24-10-6-4-7-11-24)25-12-8-5-9-13-25/h4-17H,18-19H2,1-3H3,(H,32,37). The second-order valence-corrected chi connectivity index (χ2v) is 9.52. The number of ketones is 1. The molecule has 1 aliphatic rings. The van der Waals surface area contributed by atoms with Gasteiger partial charge in [-0.2, -0.15) is 0 Å². The van der Waals surface area contributed by atoms with Crippen molar-refractivity contribution >= 4 is 29.1 Å². The minimum atomic E-state index is -1.25. The maximum Gasteiger partial charge on any atom is 0.265 e. The monoisotopic (exact) mass is 520 g/mol. The van der Waals surface area contributed by atoms with Crippen LogP contribution in [-0.4, -0.2) is 40.0 Å². The summed E-state index contributed by atoms with van der Waals surface area (Å²) in [6.07, 6.45) is 0.141. The predicted octanol–water partition coefficient (Wildman–Crippen LogP) is 4.86. The molecule has 5 rings (SSSR count). The maximum atomic E-state index is 14.0. The minimum Gasteiger partial charge on any atom is -0.361 e. The Morgan fingerprint density at radius 1 is 0.872 bits per heavy atom. The topological polar surface area (TPSA) is 105 Å². The van der Waals surface area contributed by atoms with Crippen LogP contribution in [0, 0.1) is 13.8 Å². The van der Waals surface area contributed by atoms with E-state index in [4.69, 9.17) is 9.52 Å². The Kier molecular flexibility index (Phi) is 6.94. The molecule has 0 aliphatic carbocycles. The Morgan fingerprint density at radius 2 is 1.46 bits per heavy atom. The summed E-state index contributed by atoms with van der Waals surface area (Å²) < 4.78 is 5.12. The molecule has 39 heavy (non-hydrogen) atoms. The molecule has 0 saturated heterocycles. The Hall–Kier alpha value is -4.85. The van der Waals surface area contributed by atoms with Gasteiger partial charge in [0, 0.05) is 16.8 Å². The fourth-order valence-electron chi connectivity index (χ4n) is 4.88. The molecule has 0 radical (unpaired) electrons. The van der Waals surface area contributed by atoms with Gasteiger partial charge in [-0.25, -0.2) is 4.99 Å². The summed E-state index contributed by atoms with van der Waals surface area (Å²) in [5, 5.41) is 6.71. The van der Waals surface area contributed by atoms with Gasteiger partial charge in [0.05, 0.1) is 18.7 Å². The number of aromatic nitrogens is 1. The van der Waals surface area contributed by atoms with Gasteiger partial charge < -0.3 is 9.84 Å². The first-order valence-electron chi connectivity index (χ1n) is 12.6. The van der Waals surface area contributed by atoms with E-state index in [0.717, 1.165) is 16.7 Å². The van der Waals surface area contributed by atoms with E-state index in [-0.39, 0.29) is 30.6 Å². The lowest BCUT2D eigenvalue weighted by molar-refractivity contribution is -0.129. The molecule has 1 aliphatic heterocycles. The summed E-state index contributed by atoms with van der Waals surface area (Å²) >= 11 is 0. The van der Waals surface area contributed by atoms with Crippen LogP contribution in [0.3, 0.4) is 0 Å². The highest BCUT2D eigenvalue weighted by Gasteiger charge is 2.50. The normalized spacial score (nSPS) is 14.3. The first-order valence-corrected chi connectivity index (χ1v) is 12.6. The van der Waals surface area contributed by atoms with Gasteiger partial charge in [0.2, 0.25) is 5.91 Å². The molecule has 0 spiro atoms. The molecule has 1 aromatic heterocycles. The maximum absolute atomic E-state index is 14.0. The number of carbonyl (C=O) groups excluding carboxylic acids is 3. The van der Waals surface area contributed by atoms with Crippen molar-refractivity contribution in [1.29, 1.82) is 0 Å². The van der Waals surface area contributed by atoms with Crippen molar-refractivity contribution in [3.05, 3.63) is 119 Å². The molecule has 1 N–H and O–H groups in total. The number of amides is 2. The third-order valence-corrected chi connectivity index (χ3v) is 6.97. The SMILES string of the molecule is CC1=NC(c2ccccc2)(c2ccccc2)C(=O)N1CC(=O)c1ccc(NC(=O)Cc2c(C)noc2C)cc1. The highest BCUT2D eigenvalue weighted by Crippen LogP contribution is 2.40. The van der Waals surface area contributed by atoms with E-state index in [1.165, 1.54) is 4.90 Å². The van der Waals surface area contributed by atoms with Gasteiger partial charge in [-0.05, 0) is 56.2 Å². The molecule has 8 heteroatoms. The van der Waals surface area contributed by atoms with Crippen LogP contribution in [0.5, 0.6) is 0 Å². The van der Waals surface area contributed by atoms with Crippen LogP contribution in [0.15, 0.2) is 94.4 Å². The Morgan fingerprint density at radius 3 is 2.00 bits per heavy atom. The number of hydrogen-bond donors (Lipinski definition) is 1. The van der Waals surface area contributed by atoms with Gasteiger partial charge in [0.1, 0.15) is 11.6 Å². The average Bonchev–Trinajstić information content (AvgIpc) is 3.40. The zero-order valence-corrected chi connectivity index (χ0v) is 22.0. The molecule has 3 aromatic carbocycles. The third-order valence-electron chi connectivity index (χ3n) is 6.97. The molecule has 0 unspecified atom stereocenters. The molecule has 0 saturated carbocycles. The third kappa shape index (κ3) is 4.88. The van der Waals surface area contributed by atoms with Crippen molar-refractivity contribution in [2.45, 2.75) is 32.7 Å². The van der Waals surface area contributed by atoms with Crippen molar-refractivity contribution in [1.82, 2.24) is 10.1 Å². The number of benzene rings is 3. The molecule has 4 aromatic rings. The molecule has 2 amide bonds. The quantitative estimate of drug-likeness (QED) is 0.334. The van der Waals surface area contributed by atoms with Crippen LogP contribution in [0.2, 0.25) is 0 Å². The molecule has 0 fully saturated rings. The number of amidine groups is 1. The average molecular weight is 521 g/mol. The molecule has 196 valence electrons. The van der Waals surface area contributed by atoms with Crippen molar-refractivity contribution < 1.29 is 18.9 Å². The molecular formula is C31H28N4O4. The van der Waals surface area contributed by atoms with Crippen LogP contribution in [0.25, 0.3) is 0 Å². The summed E-state index contributed by atoms with van der Waals surface area (Å²) in [5.41, 5.74) is 2.67. The highest BCUT2D eigenvalue weighted by molar-refractivity contribution is 6.13. The molecule has 0 atom stereocenters. The van der Waals surface area contributed by atoms with E-state index in [1.807, 2.05) is 60.7 Å². The Balaban J connectivity index is 1.31. The zero-order chi connectivity index (χ0) is 27.6. The summed E-state index contributed by atoms with van der Waals surface area (Å²) in [5.74, 6) is 0.375. The fourth-order valence-corrected chi connectivity index (χ4v) is 4.88. The van der Waals surface area contributed by atoms with Gasteiger partial charge in [0.25, 0.3) is 5.91 Å².